The third kappa shape index (κ3) is 7.09. The van der Waals surface area contributed by atoms with Gasteiger partial charge in [0.15, 0.2) is 0 Å². The van der Waals surface area contributed by atoms with Gasteiger partial charge in [-0.25, -0.2) is 4.39 Å². The Labute approximate surface area is 247 Å². The monoisotopic (exact) mass is 576 g/mol. The summed E-state index contributed by atoms with van der Waals surface area (Å²) in [5, 5.41) is 7.96. The second-order valence-electron chi connectivity index (χ2n) is 9.78. The van der Waals surface area contributed by atoms with E-state index in [0.29, 0.717) is 29.7 Å². The van der Waals surface area contributed by atoms with Crippen LogP contribution in [-0.4, -0.2) is 36.5 Å². The van der Waals surface area contributed by atoms with E-state index in [1.54, 1.807) is 18.2 Å². The minimum Gasteiger partial charge on any atom is -0.383 e. The number of benzene rings is 3. The van der Waals surface area contributed by atoms with Gasteiger partial charge in [0, 0.05) is 62.3 Å². The van der Waals surface area contributed by atoms with Gasteiger partial charge < -0.3 is 20.4 Å². The van der Waals surface area contributed by atoms with E-state index in [4.69, 9.17) is 23.2 Å². The number of allylic oxidation sites excluding steroid dienone is 2. The maximum atomic E-state index is 13.7. The van der Waals surface area contributed by atoms with Crippen molar-refractivity contribution >= 4 is 34.6 Å². The SMILES string of the molecule is C=C/C=C(\NCCNC(=C)N(C)Cc1ccccc1)c1c(Cl)cc2c(c1Cl)CCN(Cc1cccc(F)c1)C2=C. The summed E-state index contributed by atoms with van der Waals surface area (Å²) in [4.78, 5) is 4.22. The smallest absolute Gasteiger partial charge is 0.123 e. The lowest BCUT2D eigenvalue weighted by molar-refractivity contribution is 0.379. The summed E-state index contributed by atoms with van der Waals surface area (Å²) in [5.41, 5.74) is 6.40. The van der Waals surface area contributed by atoms with Gasteiger partial charge >= 0.3 is 0 Å². The molecule has 0 amide bonds. The maximum absolute atomic E-state index is 13.7. The van der Waals surface area contributed by atoms with E-state index >= 15 is 0 Å². The zero-order valence-corrected chi connectivity index (χ0v) is 24.3. The Morgan fingerprint density at radius 1 is 1.05 bits per heavy atom. The van der Waals surface area contributed by atoms with Gasteiger partial charge in [-0.1, -0.05) is 91.5 Å². The maximum Gasteiger partial charge on any atom is 0.123 e. The quantitative estimate of drug-likeness (QED) is 0.173. The summed E-state index contributed by atoms with van der Waals surface area (Å²) in [7, 11) is 2.01. The van der Waals surface area contributed by atoms with Crippen LogP contribution in [0, 0.1) is 5.82 Å². The van der Waals surface area contributed by atoms with Crippen LogP contribution in [0.4, 0.5) is 4.39 Å². The molecule has 4 rings (SSSR count). The van der Waals surface area contributed by atoms with Crippen LogP contribution in [0.3, 0.4) is 0 Å². The van der Waals surface area contributed by atoms with E-state index < -0.39 is 0 Å². The van der Waals surface area contributed by atoms with Gasteiger partial charge in [-0.2, -0.15) is 0 Å². The molecule has 0 spiro atoms. The van der Waals surface area contributed by atoms with Crippen LogP contribution in [0.2, 0.25) is 10.0 Å². The molecule has 1 aliphatic heterocycles. The van der Waals surface area contributed by atoms with E-state index in [2.05, 4.69) is 52.3 Å². The fourth-order valence-electron chi connectivity index (χ4n) is 4.83. The Balaban J connectivity index is 1.41. The number of hydrogen-bond acceptors (Lipinski definition) is 4. The normalized spacial score (nSPS) is 13.1. The van der Waals surface area contributed by atoms with Gasteiger partial charge in [-0.05, 0) is 47.4 Å². The first kappa shape index (κ1) is 29.3. The van der Waals surface area contributed by atoms with Crippen LogP contribution >= 0.6 is 23.2 Å². The second kappa shape index (κ2) is 13.6. The average Bonchev–Trinajstić information content (AvgIpc) is 2.93. The molecule has 0 aliphatic carbocycles. The topological polar surface area (TPSA) is 30.5 Å². The highest BCUT2D eigenvalue weighted by Gasteiger charge is 2.26. The number of rotatable bonds is 12. The van der Waals surface area contributed by atoms with Crippen molar-refractivity contribution in [1.82, 2.24) is 20.4 Å². The van der Waals surface area contributed by atoms with Gasteiger partial charge in [-0.15, -0.1) is 0 Å². The minimum absolute atomic E-state index is 0.246. The van der Waals surface area contributed by atoms with Crippen LogP contribution in [-0.2, 0) is 19.5 Å². The van der Waals surface area contributed by atoms with Crippen molar-refractivity contribution in [3.05, 3.63) is 142 Å². The van der Waals surface area contributed by atoms with Crippen LogP contribution < -0.4 is 10.6 Å². The van der Waals surface area contributed by atoms with Crippen molar-refractivity contribution in [1.29, 1.82) is 0 Å². The highest BCUT2D eigenvalue weighted by atomic mass is 35.5. The fourth-order valence-corrected chi connectivity index (χ4v) is 5.58. The molecular weight excluding hydrogens is 542 g/mol. The van der Waals surface area contributed by atoms with E-state index in [1.807, 2.05) is 43.5 Å². The Morgan fingerprint density at radius 3 is 2.50 bits per heavy atom. The van der Waals surface area contributed by atoms with Gasteiger partial charge in [0.2, 0.25) is 0 Å². The Morgan fingerprint density at radius 2 is 1.77 bits per heavy atom. The molecule has 0 atom stereocenters. The molecule has 0 unspecified atom stereocenters. The fraction of sp³-hybridized carbons (Fsp3) is 0.212. The van der Waals surface area contributed by atoms with Crippen LogP contribution in [0.1, 0.15) is 27.8 Å². The number of nitrogens with zero attached hydrogens (tertiary/aromatic N) is 2. The minimum atomic E-state index is -0.246. The molecule has 0 aromatic heterocycles. The first-order chi connectivity index (χ1) is 19.3. The highest BCUT2D eigenvalue weighted by Crippen LogP contribution is 2.41. The summed E-state index contributed by atoms with van der Waals surface area (Å²) >= 11 is 13.8. The molecule has 4 nitrogen and oxygen atoms in total. The molecule has 0 saturated carbocycles. The van der Waals surface area contributed by atoms with Crippen molar-refractivity contribution in [2.24, 2.45) is 0 Å². The van der Waals surface area contributed by atoms with Crippen molar-refractivity contribution in [2.45, 2.75) is 19.5 Å². The molecule has 3 aromatic carbocycles. The molecule has 0 radical (unpaired) electrons. The van der Waals surface area contributed by atoms with E-state index in [9.17, 15) is 4.39 Å². The molecule has 0 saturated heterocycles. The number of hydrogen-bond donors (Lipinski definition) is 2. The van der Waals surface area contributed by atoms with Crippen molar-refractivity contribution < 1.29 is 4.39 Å². The molecule has 7 heteroatoms. The zero-order valence-electron chi connectivity index (χ0n) is 22.8. The van der Waals surface area contributed by atoms with E-state index in [-0.39, 0.29) is 5.82 Å². The Hall–Kier alpha value is -3.67. The zero-order chi connectivity index (χ0) is 28.6. The first-order valence-electron chi connectivity index (χ1n) is 13.2. The molecule has 1 heterocycles. The molecule has 3 aromatic rings. The van der Waals surface area contributed by atoms with Gasteiger partial charge in [-0.3, -0.25) is 0 Å². The molecule has 0 bridgehead atoms. The Kier molecular flexibility index (Phi) is 9.97. The van der Waals surface area contributed by atoms with Crippen molar-refractivity contribution in [3.8, 4) is 0 Å². The van der Waals surface area contributed by atoms with E-state index in [1.165, 1.54) is 11.6 Å². The summed E-state index contributed by atoms with van der Waals surface area (Å²) in [6.07, 6.45) is 4.32. The summed E-state index contributed by atoms with van der Waals surface area (Å²) in [6.45, 7) is 15.7. The van der Waals surface area contributed by atoms with Crippen LogP contribution in [0.15, 0.2) is 98.4 Å². The van der Waals surface area contributed by atoms with Gasteiger partial charge in [0.05, 0.1) is 15.9 Å². The standard InChI is InChI=1S/C33H35Cl2FN4/c1-5-10-31(38-17-16-37-24(3)39(4)21-25-11-7-6-8-12-25)32-30(34)20-29-23(2)40(18-15-28(29)33(32)35)22-26-13-9-14-27(36)19-26/h5-14,19-20,37-38H,1-3,15-18,21-22H2,4H3/b31-10-. The molecule has 40 heavy (non-hydrogen) atoms. The van der Waals surface area contributed by atoms with Crippen molar-refractivity contribution in [3.63, 3.8) is 0 Å². The molecule has 1 aliphatic rings. The van der Waals surface area contributed by atoms with Crippen LogP contribution in [0.5, 0.6) is 0 Å². The molecule has 208 valence electrons. The number of fused-ring (bicyclic) bond motifs is 1. The lowest BCUT2D eigenvalue weighted by atomic mass is 9.93. The highest BCUT2D eigenvalue weighted by molar-refractivity contribution is 6.38. The lowest BCUT2D eigenvalue weighted by Crippen LogP contribution is -2.32. The first-order valence-corrected chi connectivity index (χ1v) is 14.0. The average molecular weight is 578 g/mol. The Bertz CT molecular complexity index is 1420. The van der Waals surface area contributed by atoms with Crippen molar-refractivity contribution in [2.75, 3.05) is 26.7 Å². The predicted octanol–water partition coefficient (Wildman–Crippen LogP) is 7.47. The van der Waals surface area contributed by atoms with Crippen LogP contribution in [0.25, 0.3) is 11.4 Å². The molecule has 0 fully saturated rings. The molecule has 2 N–H and O–H groups in total. The summed E-state index contributed by atoms with van der Waals surface area (Å²) in [6, 6.07) is 18.8. The number of nitrogens with one attached hydrogen (secondary N) is 2. The predicted molar refractivity (Wildman–Crippen MR) is 167 cm³/mol. The van der Waals surface area contributed by atoms with Gasteiger partial charge in [0.1, 0.15) is 5.82 Å². The summed E-state index contributed by atoms with van der Waals surface area (Å²) in [5.74, 6) is 0.593. The summed E-state index contributed by atoms with van der Waals surface area (Å²) < 4.78 is 13.7. The molecular formula is C33H35Cl2FN4. The largest absolute Gasteiger partial charge is 0.383 e. The third-order valence-corrected chi connectivity index (χ3v) is 7.67. The lowest BCUT2D eigenvalue weighted by Gasteiger charge is -2.34. The number of halogens is 3. The third-order valence-electron chi connectivity index (χ3n) is 6.95. The van der Waals surface area contributed by atoms with E-state index in [0.717, 1.165) is 59.0 Å². The second-order valence-corrected chi connectivity index (χ2v) is 10.6. The van der Waals surface area contributed by atoms with Gasteiger partial charge in [0.25, 0.3) is 0 Å².